The maximum Gasteiger partial charge on any atom is 0.471 e. The molecule has 148 valence electrons. The Labute approximate surface area is 155 Å². The van der Waals surface area contributed by atoms with E-state index in [1.54, 1.807) is 0 Å². The van der Waals surface area contributed by atoms with Crippen LogP contribution in [-0.2, 0) is 4.79 Å². The van der Waals surface area contributed by atoms with E-state index in [2.05, 4.69) is 0 Å². The highest BCUT2D eigenvalue weighted by atomic mass is 19.4. The second-order valence-electron chi connectivity index (χ2n) is 7.32. The normalized spacial score (nSPS) is 23.1. The molecular formula is C19H23F3N2O3. The molecular weight excluding hydrogens is 361 g/mol. The van der Waals surface area contributed by atoms with E-state index in [-0.39, 0.29) is 18.4 Å². The lowest BCUT2D eigenvalue weighted by Crippen LogP contribution is -2.44. The number of carboxylic acid groups (broad SMARTS) is 1. The van der Waals surface area contributed by atoms with Crippen LogP contribution in [0.3, 0.4) is 0 Å². The van der Waals surface area contributed by atoms with Crippen molar-refractivity contribution >= 4 is 12.0 Å². The van der Waals surface area contributed by atoms with Gasteiger partial charge in [-0.25, -0.2) is 4.79 Å². The Kier molecular flexibility index (Phi) is 5.62. The number of likely N-dealkylation sites (tertiary alicyclic amines) is 1. The molecule has 1 heterocycles. The van der Waals surface area contributed by atoms with Crippen LogP contribution in [0.1, 0.15) is 37.2 Å². The van der Waals surface area contributed by atoms with Gasteiger partial charge < -0.3 is 14.9 Å². The molecule has 8 heteroatoms. The minimum Gasteiger partial charge on any atom is -0.465 e. The number of carbonyl (C=O) groups is 2. The minimum absolute atomic E-state index is 0.0497. The van der Waals surface area contributed by atoms with Crippen molar-refractivity contribution < 1.29 is 27.9 Å². The van der Waals surface area contributed by atoms with Crippen LogP contribution < -0.4 is 0 Å². The van der Waals surface area contributed by atoms with E-state index in [1.165, 1.54) is 4.90 Å². The van der Waals surface area contributed by atoms with Gasteiger partial charge in [-0.05, 0) is 37.2 Å². The van der Waals surface area contributed by atoms with Crippen molar-refractivity contribution in [1.29, 1.82) is 0 Å². The third-order valence-electron chi connectivity index (χ3n) is 5.55. The summed E-state index contributed by atoms with van der Waals surface area (Å²) in [4.78, 5) is 25.2. The van der Waals surface area contributed by atoms with Gasteiger partial charge in [0.1, 0.15) is 0 Å². The van der Waals surface area contributed by atoms with Gasteiger partial charge in [0.25, 0.3) is 0 Å². The van der Waals surface area contributed by atoms with Crippen LogP contribution >= 0.6 is 0 Å². The number of benzene rings is 1. The van der Waals surface area contributed by atoms with Crippen LogP contribution in [0.25, 0.3) is 0 Å². The van der Waals surface area contributed by atoms with Gasteiger partial charge in [0, 0.05) is 31.6 Å². The Morgan fingerprint density at radius 3 is 2.33 bits per heavy atom. The molecule has 1 aromatic rings. The zero-order valence-electron chi connectivity index (χ0n) is 14.9. The van der Waals surface area contributed by atoms with E-state index in [0.29, 0.717) is 38.8 Å². The highest BCUT2D eigenvalue weighted by Crippen LogP contribution is 2.46. The lowest BCUT2D eigenvalue weighted by atomic mass is 9.93. The van der Waals surface area contributed by atoms with E-state index in [4.69, 9.17) is 5.11 Å². The molecule has 2 unspecified atom stereocenters. The molecule has 1 saturated carbocycles. The molecule has 2 atom stereocenters. The maximum absolute atomic E-state index is 13.1. The first-order valence-electron chi connectivity index (χ1n) is 9.18. The first-order valence-corrected chi connectivity index (χ1v) is 9.18. The Morgan fingerprint density at radius 1 is 1.15 bits per heavy atom. The van der Waals surface area contributed by atoms with E-state index < -0.39 is 24.2 Å². The van der Waals surface area contributed by atoms with Gasteiger partial charge in [-0.1, -0.05) is 30.3 Å². The lowest BCUT2D eigenvalue weighted by molar-refractivity contribution is -0.186. The molecule has 1 aromatic carbocycles. The van der Waals surface area contributed by atoms with E-state index in [9.17, 15) is 22.8 Å². The average Bonchev–Trinajstić information content (AvgIpc) is 3.42. The molecule has 2 aliphatic rings. The summed E-state index contributed by atoms with van der Waals surface area (Å²) >= 11 is 0. The maximum atomic E-state index is 13.1. The fourth-order valence-corrected chi connectivity index (χ4v) is 3.90. The first-order chi connectivity index (χ1) is 12.8. The SMILES string of the molecule is O=C(O)N1CCC(CCN(C(=O)C(F)(F)F)C2CC2c2ccccc2)CC1. The van der Waals surface area contributed by atoms with Crippen molar-refractivity contribution in [2.24, 2.45) is 5.92 Å². The van der Waals surface area contributed by atoms with Crippen LogP contribution in [-0.4, -0.2) is 58.8 Å². The second-order valence-corrected chi connectivity index (χ2v) is 7.32. The van der Waals surface area contributed by atoms with Gasteiger partial charge in [0.2, 0.25) is 0 Å². The van der Waals surface area contributed by atoms with Gasteiger partial charge in [0.15, 0.2) is 0 Å². The third-order valence-corrected chi connectivity index (χ3v) is 5.55. The number of hydrogen-bond donors (Lipinski definition) is 1. The van der Waals surface area contributed by atoms with Crippen molar-refractivity contribution in [3.05, 3.63) is 35.9 Å². The topological polar surface area (TPSA) is 60.9 Å². The van der Waals surface area contributed by atoms with E-state index in [1.807, 2.05) is 30.3 Å². The standard InChI is InChI=1S/C19H23F3N2O3/c20-19(21,22)17(25)24(16-12-15(16)14-4-2-1-3-5-14)11-8-13-6-9-23(10-7-13)18(26)27/h1-5,13,15-16H,6-12H2,(H,26,27). The number of rotatable bonds is 5. The Morgan fingerprint density at radius 2 is 1.78 bits per heavy atom. The summed E-state index contributed by atoms with van der Waals surface area (Å²) in [6.07, 6.45) is -3.60. The van der Waals surface area contributed by atoms with Gasteiger partial charge in [-0.15, -0.1) is 0 Å². The van der Waals surface area contributed by atoms with E-state index >= 15 is 0 Å². The van der Waals surface area contributed by atoms with Crippen LogP contribution in [0.2, 0.25) is 0 Å². The number of alkyl halides is 3. The Bertz CT molecular complexity index is 673. The number of piperidine rings is 1. The number of carbonyl (C=O) groups excluding carboxylic acids is 1. The summed E-state index contributed by atoms with van der Waals surface area (Å²) in [5, 5.41) is 8.97. The van der Waals surface area contributed by atoms with Gasteiger partial charge >= 0.3 is 18.2 Å². The lowest BCUT2D eigenvalue weighted by Gasteiger charge is -2.32. The molecule has 0 spiro atoms. The average molecular weight is 384 g/mol. The predicted octanol–water partition coefficient (Wildman–Crippen LogP) is 3.71. The summed E-state index contributed by atoms with van der Waals surface area (Å²) < 4.78 is 39.2. The molecule has 1 aliphatic carbocycles. The monoisotopic (exact) mass is 384 g/mol. The van der Waals surface area contributed by atoms with E-state index in [0.717, 1.165) is 10.5 Å². The highest BCUT2D eigenvalue weighted by Gasteiger charge is 2.51. The molecule has 1 aliphatic heterocycles. The van der Waals surface area contributed by atoms with Crippen molar-refractivity contribution in [1.82, 2.24) is 9.80 Å². The quantitative estimate of drug-likeness (QED) is 0.842. The van der Waals surface area contributed by atoms with Crippen LogP contribution in [0.15, 0.2) is 30.3 Å². The number of nitrogens with zero attached hydrogens (tertiary/aromatic N) is 2. The van der Waals surface area contributed by atoms with Gasteiger partial charge in [-0.3, -0.25) is 4.79 Å². The van der Waals surface area contributed by atoms with Crippen LogP contribution in [0, 0.1) is 5.92 Å². The van der Waals surface area contributed by atoms with Crippen molar-refractivity contribution in [2.75, 3.05) is 19.6 Å². The highest BCUT2D eigenvalue weighted by molar-refractivity contribution is 5.82. The molecule has 2 fully saturated rings. The van der Waals surface area contributed by atoms with Crippen LogP contribution in [0.5, 0.6) is 0 Å². The zero-order chi connectivity index (χ0) is 19.6. The van der Waals surface area contributed by atoms with Crippen LogP contribution in [0.4, 0.5) is 18.0 Å². The molecule has 0 bridgehead atoms. The Balaban J connectivity index is 1.60. The van der Waals surface area contributed by atoms with Crippen molar-refractivity contribution in [3.63, 3.8) is 0 Å². The predicted molar refractivity (Wildman–Crippen MR) is 92.3 cm³/mol. The smallest absolute Gasteiger partial charge is 0.465 e. The third kappa shape index (κ3) is 4.73. The summed E-state index contributed by atoms with van der Waals surface area (Å²) in [5.74, 6) is -1.68. The summed E-state index contributed by atoms with van der Waals surface area (Å²) in [7, 11) is 0. The molecule has 3 rings (SSSR count). The molecule has 1 saturated heterocycles. The first kappa shape index (κ1) is 19.5. The fraction of sp³-hybridized carbons (Fsp3) is 0.579. The molecule has 27 heavy (non-hydrogen) atoms. The summed E-state index contributed by atoms with van der Waals surface area (Å²) in [6.45, 7) is 0.844. The van der Waals surface area contributed by atoms with Gasteiger partial charge in [-0.2, -0.15) is 13.2 Å². The minimum atomic E-state index is -4.88. The molecule has 0 radical (unpaired) electrons. The fourth-order valence-electron chi connectivity index (χ4n) is 3.90. The molecule has 1 N–H and O–H groups in total. The molecule has 2 amide bonds. The zero-order valence-corrected chi connectivity index (χ0v) is 14.9. The number of amides is 2. The number of hydrogen-bond acceptors (Lipinski definition) is 2. The molecule has 5 nitrogen and oxygen atoms in total. The Hall–Kier alpha value is -2.25. The summed E-state index contributed by atoms with van der Waals surface area (Å²) in [5.41, 5.74) is 0.956. The largest absolute Gasteiger partial charge is 0.471 e. The summed E-state index contributed by atoms with van der Waals surface area (Å²) in [6, 6.07) is 8.88. The second kappa shape index (κ2) is 7.78. The van der Waals surface area contributed by atoms with Crippen molar-refractivity contribution in [2.45, 2.75) is 43.8 Å². The number of halogens is 3. The van der Waals surface area contributed by atoms with Gasteiger partial charge in [0.05, 0.1) is 0 Å². The molecule has 0 aromatic heterocycles. The van der Waals surface area contributed by atoms with Crippen molar-refractivity contribution in [3.8, 4) is 0 Å².